The van der Waals surface area contributed by atoms with E-state index in [1.165, 1.54) is 18.6 Å². The molecule has 0 spiro atoms. The van der Waals surface area contributed by atoms with E-state index in [4.69, 9.17) is 0 Å². The molecule has 1 N–H and O–H groups in total. The van der Waals surface area contributed by atoms with Gasteiger partial charge in [-0.2, -0.15) is 11.8 Å². The first-order valence-corrected chi connectivity index (χ1v) is 8.62. The van der Waals surface area contributed by atoms with Crippen LogP contribution in [0.4, 0.5) is 0 Å². The van der Waals surface area contributed by atoms with E-state index in [9.17, 15) is 8.42 Å². The lowest BCUT2D eigenvalue weighted by Crippen LogP contribution is -2.36. The minimum Gasteiger partial charge on any atom is -0.314 e. The molecular formula is C11H23NO2S2. The van der Waals surface area contributed by atoms with Crippen LogP contribution in [0.1, 0.15) is 33.6 Å². The number of hydrogen-bond donors (Lipinski definition) is 1. The van der Waals surface area contributed by atoms with E-state index in [-0.39, 0.29) is 11.0 Å². The van der Waals surface area contributed by atoms with Gasteiger partial charge in [0.25, 0.3) is 0 Å². The zero-order valence-electron chi connectivity index (χ0n) is 10.5. The summed E-state index contributed by atoms with van der Waals surface area (Å²) in [7, 11) is -2.88. The lowest BCUT2D eigenvalue weighted by molar-refractivity contribution is 0.542. The Bertz CT molecular complexity index is 306. The van der Waals surface area contributed by atoms with Gasteiger partial charge >= 0.3 is 0 Å². The molecule has 96 valence electrons. The third kappa shape index (κ3) is 4.26. The number of sulfone groups is 1. The largest absolute Gasteiger partial charge is 0.314 e. The fraction of sp³-hybridized carbons (Fsp3) is 1.00. The Labute approximate surface area is 104 Å². The number of hydrogen-bond acceptors (Lipinski definition) is 4. The second-order valence-corrected chi connectivity index (χ2v) is 9.35. The Balaban J connectivity index is 2.22. The Morgan fingerprint density at radius 3 is 2.62 bits per heavy atom. The Hall–Kier alpha value is 0.260. The molecule has 0 aromatic carbocycles. The minimum absolute atomic E-state index is 0.255. The molecule has 5 heteroatoms. The lowest BCUT2D eigenvalue weighted by Gasteiger charge is -2.23. The van der Waals surface area contributed by atoms with Crippen molar-refractivity contribution in [3.63, 3.8) is 0 Å². The molecule has 0 bridgehead atoms. The van der Waals surface area contributed by atoms with Gasteiger partial charge in [-0.25, -0.2) is 8.42 Å². The minimum atomic E-state index is -2.88. The summed E-state index contributed by atoms with van der Waals surface area (Å²) in [5.74, 6) is 1.49. The van der Waals surface area contributed by atoms with Gasteiger partial charge in [-0.1, -0.05) is 0 Å². The summed E-state index contributed by atoms with van der Waals surface area (Å²) in [5.41, 5.74) is 0. The molecule has 1 rings (SSSR count). The van der Waals surface area contributed by atoms with E-state index < -0.39 is 9.84 Å². The van der Waals surface area contributed by atoms with Crippen LogP contribution in [0.5, 0.6) is 0 Å². The van der Waals surface area contributed by atoms with Gasteiger partial charge in [0.05, 0.1) is 11.0 Å². The van der Waals surface area contributed by atoms with E-state index in [0.29, 0.717) is 11.3 Å². The SMILES string of the molecule is CC(C)S(=O)(=O)CCNCC1(C)CCCS1. The summed E-state index contributed by atoms with van der Waals surface area (Å²) in [4.78, 5) is 0. The zero-order valence-corrected chi connectivity index (χ0v) is 12.1. The smallest absolute Gasteiger partial charge is 0.153 e. The maximum absolute atomic E-state index is 11.6. The molecule has 1 fully saturated rings. The van der Waals surface area contributed by atoms with Crippen LogP contribution in [0.2, 0.25) is 0 Å². The molecule has 1 saturated heterocycles. The summed E-state index contributed by atoms with van der Waals surface area (Å²) in [6.45, 7) is 7.24. The van der Waals surface area contributed by atoms with Crippen molar-refractivity contribution < 1.29 is 8.42 Å². The molecule has 0 aromatic heterocycles. The quantitative estimate of drug-likeness (QED) is 0.742. The van der Waals surface area contributed by atoms with E-state index in [0.717, 1.165) is 6.54 Å². The van der Waals surface area contributed by atoms with Gasteiger partial charge in [0.15, 0.2) is 9.84 Å². The lowest BCUT2D eigenvalue weighted by atomic mass is 10.1. The predicted molar refractivity (Wildman–Crippen MR) is 71.9 cm³/mol. The van der Waals surface area contributed by atoms with Crippen LogP contribution in [0.25, 0.3) is 0 Å². The first-order chi connectivity index (χ1) is 7.36. The van der Waals surface area contributed by atoms with Crippen molar-refractivity contribution in [3.8, 4) is 0 Å². The van der Waals surface area contributed by atoms with E-state index >= 15 is 0 Å². The molecule has 3 nitrogen and oxygen atoms in total. The average Bonchev–Trinajstić information content (AvgIpc) is 2.60. The summed E-state index contributed by atoms with van der Waals surface area (Å²) in [5, 5.41) is 3.02. The van der Waals surface area contributed by atoms with E-state index in [1.807, 2.05) is 11.8 Å². The molecule has 0 saturated carbocycles. The highest BCUT2D eigenvalue weighted by Gasteiger charge is 2.28. The molecule has 0 aliphatic carbocycles. The third-order valence-electron chi connectivity index (χ3n) is 3.08. The van der Waals surface area contributed by atoms with Crippen molar-refractivity contribution in [3.05, 3.63) is 0 Å². The van der Waals surface area contributed by atoms with Gasteiger partial charge < -0.3 is 5.32 Å². The van der Waals surface area contributed by atoms with Gasteiger partial charge in [-0.05, 0) is 39.4 Å². The first-order valence-electron chi connectivity index (χ1n) is 5.92. The van der Waals surface area contributed by atoms with Crippen molar-refractivity contribution in [2.75, 3.05) is 24.6 Å². The Kier molecular flexibility index (Phi) is 5.13. The molecule has 0 radical (unpaired) electrons. The molecule has 1 atom stereocenters. The van der Waals surface area contributed by atoms with Crippen LogP contribution in [-0.2, 0) is 9.84 Å². The maximum Gasteiger partial charge on any atom is 0.153 e. The average molecular weight is 265 g/mol. The first kappa shape index (κ1) is 14.3. The highest BCUT2D eigenvalue weighted by atomic mass is 32.2. The van der Waals surface area contributed by atoms with Crippen molar-refractivity contribution in [2.24, 2.45) is 0 Å². The van der Waals surface area contributed by atoms with Gasteiger partial charge in [-0.3, -0.25) is 0 Å². The summed E-state index contributed by atoms with van der Waals surface area (Å²) in [6.07, 6.45) is 2.52. The summed E-state index contributed by atoms with van der Waals surface area (Å²) >= 11 is 2.00. The molecule has 16 heavy (non-hydrogen) atoms. The Morgan fingerprint density at radius 1 is 1.44 bits per heavy atom. The number of nitrogens with one attached hydrogen (secondary N) is 1. The molecule has 0 amide bonds. The third-order valence-corrected chi connectivity index (χ3v) is 6.83. The fourth-order valence-corrected chi connectivity index (χ4v) is 3.95. The van der Waals surface area contributed by atoms with Crippen molar-refractivity contribution in [1.29, 1.82) is 0 Å². The topological polar surface area (TPSA) is 46.2 Å². The van der Waals surface area contributed by atoms with Crippen molar-refractivity contribution >= 4 is 21.6 Å². The zero-order chi connectivity index (χ0) is 12.2. The highest BCUT2D eigenvalue weighted by molar-refractivity contribution is 8.00. The second kappa shape index (κ2) is 5.74. The van der Waals surface area contributed by atoms with Gasteiger partial charge in [0.1, 0.15) is 0 Å². The van der Waals surface area contributed by atoms with Crippen LogP contribution in [0, 0.1) is 0 Å². The monoisotopic (exact) mass is 265 g/mol. The Morgan fingerprint density at radius 2 is 2.12 bits per heavy atom. The molecule has 1 aliphatic heterocycles. The molecule has 1 aliphatic rings. The fourth-order valence-electron chi connectivity index (χ4n) is 1.78. The molecular weight excluding hydrogens is 242 g/mol. The van der Waals surface area contributed by atoms with E-state index in [1.54, 1.807) is 13.8 Å². The molecule has 0 aromatic rings. The van der Waals surface area contributed by atoms with Crippen LogP contribution in [0.15, 0.2) is 0 Å². The van der Waals surface area contributed by atoms with Crippen molar-refractivity contribution in [1.82, 2.24) is 5.32 Å². The van der Waals surface area contributed by atoms with Gasteiger partial charge in [0, 0.05) is 17.8 Å². The standard InChI is InChI=1S/C11H23NO2S2/c1-10(2)16(13,14)8-6-12-9-11(3)5-4-7-15-11/h10,12H,4-9H2,1-3H3. The van der Waals surface area contributed by atoms with Gasteiger partial charge in [-0.15, -0.1) is 0 Å². The second-order valence-electron chi connectivity index (χ2n) is 4.99. The molecule has 1 heterocycles. The molecule has 1 unspecified atom stereocenters. The van der Waals surface area contributed by atoms with Crippen LogP contribution >= 0.6 is 11.8 Å². The van der Waals surface area contributed by atoms with Crippen LogP contribution in [0.3, 0.4) is 0 Å². The van der Waals surface area contributed by atoms with Crippen LogP contribution < -0.4 is 5.32 Å². The van der Waals surface area contributed by atoms with Crippen LogP contribution in [-0.4, -0.2) is 43.0 Å². The maximum atomic E-state index is 11.6. The highest BCUT2D eigenvalue weighted by Crippen LogP contribution is 2.36. The van der Waals surface area contributed by atoms with E-state index in [2.05, 4.69) is 12.2 Å². The number of rotatable bonds is 6. The normalized spacial score (nSPS) is 26.5. The van der Waals surface area contributed by atoms with Gasteiger partial charge in [0.2, 0.25) is 0 Å². The predicted octanol–water partition coefficient (Wildman–Crippen LogP) is 1.68. The number of thioether (sulfide) groups is 1. The summed E-state index contributed by atoms with van der Waals surface area (Å²) < 4.78 is 23.4. The summed E-state index contributed by atoms with van der Waals surface area (Å²) in [6, 6.07) is 0. The van der Waals surface area contributed by atoms with Crippen molar-refractivity contribution in [2.45, 2.75) is 43.6 Å².